The quantitative estimate of drug-likeness (QED) is 0.176. The Morgan fingerprint density at radius 1 is 0.352 bits per heavy atom. The Balaban J connectivity index is 1.31. The highest BCUT2D eigenvalue weighted by Crippen LogP contribution is 2.50. The maximum atomic E-state index is 7.08. The van der Waals surface area contributed by atoms with Gasteiger partial charge in [-0.25, -0.2) is 0 Å². The molecule has 0 aliphatic rings. The van der Waals surface area contributed by atoms with Gasteiger partial charge in [-0.1, -0.05) is 158 Å². The van der Waals surface area contributed by atoms with Crippen molar-refractivity contribution in [2.24, 2.45) is 0 Å². The Hall–Kier alpha value is -7.16. The fourth-order valence-corrected chi connectivity index (χ4v) is 8.64. The monoisotopic (exact) mass is 687 g/mol. The lowest BCUT2D eigenvalue weighted by Crippen LogP contribution is -1.96. The van der Waals surface area contributed by atoms with Crippen LogP contribution in [0.3, 0.4) is 0 Å². The zero-order valence-electron chi connectivity index (χ0n) is 29.4. The second-order valence-electron chi connectivity index (χ2n) is 14.0. The number of hydrogen-bond acceptors (Lipinski definition) is 1. The number of nitrogens with zero attached hydrogens (tertiary/aromatic N) is 1. The van der Waals surface area contributed by atoms with Gasteiger partial charge in [0.2, 0.25) is 0 Å². The molecule has 0 radical (unpaired) electrons. The minimum Gasteiger partial charge on any atom is -0.455 e. The van der Waals surface area contributed by atoms with Crippen molar-refractivity contribution < 1.29 is 4.42 Å². The molecule has 0 saturated carbocycles. The number of hydrogen-bond donors (Lipinski definition) is 0. The standard InChI is InChI=1S/C52H33NO/c1-4-17-34(18-5-1)36-31-37(35-19-6-2-7-20-35)33-38(32-36)48-41-24-10-11-25-42(41)49(50-44-26-13-15-30-47(44)54-52(48)50)45-28-16-27-43-40-23-12-14-29-46(40)53(51(43)45)39-21-8-3-9-22-39/h1-33H. The molecule has 2 aromatic heterocycles. The molecule has 252 valence electrons. The van der Waals surface area contributed by atoms with Crippen molar-refractivity contribution in [3.8, 4) is 50.2 Å². The van der Waals surface area contributed by atoms with Gasteiger partial charge < -0.3 is 8.98 Å². The normalized spacial score (nSPS) is 11.7. The average molecular weight is 688 g/mol. The van der Waals surface area contributed by atoms with E-state index in [2.05, 4.69) is 205 Å². The fourth-order valence-electron chi connectivity index (χ4n) is 8.64. The van der Waals surface area contributed by atoms with Gasteiger partial charge in [0, 0.05) is 43.9 Å². The Bertz CT molecular complexity index is 3130. The van der Waals surface area contributed by atoms with E-state index in [9.17, 15) is 0 Å². The molecule has 0 atom stereocenters. The molecule has 54 heavy (non-hydrogen) atoms. The van der Waals surface area contributed by atoms with E-state index in [1.54, 1.807) is 0 Å². The Kier molecular flexibility index (Phi) is 6.90. The number of fused-ring (bicyclic) bond motifs is 7. The maximum Gasteiger partial charge on any atom is 0.144 e. The van der Waals surface area contributed by atoms with Gasteiger partial charge in [0.05, 0.1) is 11.0 Å². The molecule has 0 spiro atoms. The van der Waals surface area contributed by atoms with Crippen LogP contribution in [0, 0.1) is 0 Å². The first-order valence-corrected chi connectivity index (χ1v) is 18.5. The van der Waals surface area contributed by atoms with E-state index in [4.69, 9.17) is 4.42 Å². The number of aromatic nitrogens is 1. The van der Waals surface area contributed by atoms with Crippen LogP contribution in [-0.2, 0) is 0 Å². The van der Waals surface area contributed by atoms with E-state index in [0.717, 1.165) is 44.1 Å². The minimum absolute atomic E-state index is 0.878. The summed E-state index contributed by atoms with van der Waals surface area (Å²) in [5.41, 5.74) is 14.6. The summed E-state index contributed by atoms with van der Waals surface area (Å²) in [5.74, 6) is 0. The Labute approximate surface area is 312 Å². The lowest BCUT2D eigenvalue weighted by atomic mass is 9.86. The molecule has 0 aliphatic carbocycles. The molecule has 9 aromatic carbocycles. The van der Waals surface area contributed by atoms with Gasteiger partial charge in [0.25, 0.3) is 0 Å². The second kappa shape index (κ2) is 12.2. The third-order valence-electron chi connectivity index (χ3n) is 11.0. The lowest BCUT2D eigenvalue weighted by molar-refractivity contribution is 0.670. The molecule has 0 fully saturated rings. The third-order valence-corrected chi connectivity index (χ3v) is 11.0. The van der Waals surface area contributed by atoms with Crippen LogP contribution < -0.4 is 0 Å². The second-order valence-corrected chi connectivity index (χ2v) is 14.0. The van der Waals surface area contributed by atoms with E-state index < -0.39 is 0 Å². The molecule has 2 heterocycles. The number of para-hydroxylation sites is 4. The largest absolute Gasteiger partial charge is 0.455 e. The van der Waals surface area contributed by atoms with E-state index in [1.807, 2.05) is 0 Å². The SMILES string of the molecule is c1ccc(-c2cc(-c3ccccc3)cc(-c3c4ccccc4c(-c4cccc5c6ccccc6n(-c6ccccc6)c45)c4c3oc3ccccc34)c2)cc1. The maximum absolute atomic E-state index is 7.08. The molecular weight excluding hydrogens is 655 g/mol. The highest BCUT2D eigenvalue weighted by atomic mass is 16.3. The first-order valence-electron chi connectivity index (χ1n) is 18.5. The molecule has 0 N–H and O–H groups in total. The van der Waals surface area contributed by atoms with Crippen molar-refractivity contribution in [3.05, 3.63) is 200 Å². The summed E-state index contributed by atoms with van der Waals surface area (Å²) in [7, 11) is 0. The average Bonchev–Trinajstić information content (AvgIpc) is 3.80. The Morgan fingerprint density at radius 2 is 0.870 bits per heavy atom. The van der Waals surface area contributed by atoms with Crippen LogP contribution in [0.5, 0.6) is 0 Å². The third kappa shape index (κ3) is 4.67. The first-order chi connectivity index (χ1) is 26.8. The van der Waals surface area contributed by atoms with Crippen LogP contribution in [0.1, 0.15) is 0 Å². The topological polar surface area (TPSA) is 18.1 Å². The summed E-state index contributed by atoms with van der Waals surface area (Å²) in [5, 5.41) is 7.04. The highest BCUT2D eigenvalue weighted by Gasteiger charge is 2.25. The van der Waals surface area contributed by atoms with E-state index >= 15 is 0 Å². The van der Waals surface area contributed by atoms with Crippen LogP contribution >= 0.6 is 0 Å². The van der Waals surface area contributed by atoms with Crippen molar-refractivity contribution in [2.45, 2.75) is 0 Å². The fraction of sp³-hybridized carbons (Fsp3) is 0. The molecule has 0 aliphatic heterocycles. The van der Waals surface area contributed by atoms with Crippen molar-refractivity contribution in [1.29, 1.82) is 0 Å². The summed E-state index contributed by atoms with van der Waals surface area (Å²) in [6, 6.07) is 72.0. The van der Waals surface area contributed by atoms with Gasteiger partial charge in [-0.05, 0) is 81.1 Å². The van der Waals surface area contributed by atoms with Crippen molar-refractivity contribution in [3.63, 3.8) is 0 Å². The predicted molar refractivity (Wildman–Crippen MR) is 227 cm³/mol. The predicted octanol–water partition coefficient (Wildman–Crippen LogP) is 14.5. The Morgan fingerprint density at radius 3 is 1.56 bits per heavy atom. The number of furan rings is 1. The van der Waals surface area contributed by atoms with Crippen molar-refractivity contribution >= 4 is 54.5 Å². The van der Waals surface area contributed by atoms with Gasteiger partial charge in [-0.2, -0.15) is 0 Å². The van der Waals surface area contributed by atoms with Gasteiger partial charge in [-0.15, -0.1) is 0 Å². The van der Waals surface area contributed by atoms with Gasteiger partial charge in [0.15, 0.2) is 0 Å². The summed E-state index contributed by atoms with van der Waals surface area (Å²) in [6.07, 6.45) is 0. The summed E-state index contributed by atoms with van der Waals surface area (Å²) in [6.45, 7) is 0. The molecular formula is C52H33NO. The molecule has 2 heteroatoms. The smallest absolute Gasteiger partial charge is 0.144 e. The van der Waals surface area contributed by atoms with E-state index in [0.29, 0.717) is 0 Å². The zero-order chi connectivity index (χ0) is 35.6. The van der Waals surface area contributed by atoms with Crippen molar-refractivity contribution in [2.75, 3.05) is 0 Å². The zero-order valence-corrected chi connectivity index (χ0v) is 29.4. The molecule has 0 bridgehead atoms. The van der Waals surface area contributed by atoms with Crippen LogP contribution in [0.4, 0.5) is 0 Å². The van der Waals surface area contributed by atoms with E-state index in [-0.39, 0.29) is 0 Å². The lowest BCUT2D eigenvalue weighted by Gasteiger charge is -2.18. The highest BCUT2D eigenvalue weighted by molar-refractivity contribution is 6.29. The van der Waals surface area contributed by atoms with E-state index in [1.165, 1.54) is 60.6 Å². The van der Waals surface area contributed by atoms with Gasteiger partial charge >= 0.3 is 0 Å². The molecule has 0 unspecified atom stereocenters. The van der Waals surface area contributed by atoms with Crippen LogP contribution in [-0.4, -0.2) is 4.57 Å². The van der Waals surface area contributed by atoms with Crippen LogP contribution in [0.15, 0.2) is 205 Å². The minimum atomic E-state index is 0.878. The van der Waals surface area contributed by atoms with Crippen LogP contribution in [0.2, 0.25) is 0 Å². The molecule has 2 nitrogen and oxygen atoms in total. The molecule has 11 rings (SSSR count). The number of benzene rings is 9. The summed E-state index contributed by atoms with van der Waals surface area (Å²) >= 11 is 0. The summed E-state index contributed by atoms with van der Waals surface area (Å²) in [4.78, 5) is 0. The van der Waals surface area contributed by atoms with Crippen molar-refractivity contribution in [1.82, 2.24) is 4.57 Å². The van der Waals surface area contributed by atoms with Gasteiger partial charge in [0.1, 0.15) is 11.2 Å². The summed E-state index contributed by atoms with van der Waals surface area (Å²) < 4.78 is 9.52. The molecule has 0 saturated heterocycles. The molecule has 0 amide bonds. The van der Waals surface area contributed by atoms with Crippen LogP contribution in [0.25, 0.3) is 105 Å². The number of rotatable bonds is 5. The first kappa shape index (κ1) is 30.5. The van der Waals surface area contributed by atoms with Gasteiger partial charge in [-0.3, -0.25) is 0 Å². The molecule has 11 aromatic rings.